The van der Waals surface area contributed by atoms with Crippen LogP contribution in [0.5, 0.6) is 0 Å². The van der Waals surface area contributed by atoms with E-state index in [0.717, 1.165) is 18.4 Å². The molecule has 1 unspecified atom stereocenters. The van der Waals surface area contributed by atoms with Crippen molar-refractivity contribution in [1.82, 2.24) is 9.88 Å². The molecule has 2 amide bonds. The van der Waals surface area contributed by atoms with E-state index in [9.17, 15) is 9.59 Å². The number of anilines is 1. The smallest absolute Gasteiger partial charge is 0.253 e. The van der Waals surface area contributed by atoms with Crippen LogP contribution in [0.1, 0.15) is 28.8 Å². The molecule has 1 aliphatic heterocycles. The van der Waals surface area contributed by atoms with Gasteiger partial charge >= 0.3 is 0 Å². The first-order valence-corrected chi connectivity index (χ1v) is 8.30. The van der Waals surface area contributed by atoms with E-state index in [1.165, 1.54) is 0 Å². The number of nitrogens with zero attached hydrogens (tertiary/aromatic N) is 2. The summed E-state index contributed by atoms with van der Waals surface area (Å²) in [5, 5.41) is 2.82. The lowest BCUT2D eigenvalue weighted by Crippen LogP contribution is -2.28. The molecular weight excluding hydrogens is 318 g/mol. The summed E-state index contributed by atoms with van der Waals surface area (Å²) in [5.41, 5.74) is 2.08. The summed E-state index contributed by atoms with van der Waals surface area (Å²) < 4.78 is 5.38. The average molecular weight is 339 g/mol. The molecule has 1 atom stereocenters. The Morgan fingerprint density at radius 3 is 2.92 bits per heavy atom. The molecule has 2 aromatic rings. The molecule has 25 heavy (non-hydrogen) atoms. The van der Waals surface area contributed by atoms with Gasteiger partial charge in [0.2, 0.25) is 0 Å². The topological polar surface area (TPSA) is 71.5 Å². The van der Waals surface area contributed by atoms with Crippen LogP contribution in [-0.2, 0) is 16.1 Å². The number of hydrogen-bond donors (Lipinski definition) is 1. The zero-order valence-electron chi connectivity index (χ0n) is 14.1. The van der Waals surface area contributed by atoms with E-state index < -0.39 is 6.10 Å². The fraction of sp³-hybridized carbons (Fsp3) is 0.316. The summed E-state index contributed by atoms with van der Waals surface area (Å²) in [4.78, 5) is 30.4. The van der Waals surface area contributed by atoms with Gasteiger partial charge in [0.25, 0.3) is 11.8 Å². The summed E-state index contributed by atoms with van der Waals surface area (Å²) >= 11 is 0. The van der Waals surface area contributed by atoms with Crippen LogP contribution < -0.4 is 5.32 Å². The first-order valence-electron chi connectivity index (χ1n) is 8.30. The molecule has 6 nitrogen and oxygen atoms in total. The van der Waals surface area contributed by atoms with Gasteiger partial charge in [-0.1, -0.05) is 12.1 Å². The van der Waals surface area contributed by atoms with E-state index >= 15 is 0 Å². The van der Waals surface area contributed by atoms with Crippen LogP contribution in [0, 0.1) is 0 Å². The Morgan fingerprint density at radius 1 is 1.32 bits per heavy atom. The van der Waals surface area contributed by atoms with Crippen molar-refractivity contribution >= 4 is 17.5 Å². The van der Waals surface area contributed by atoms with E-state index in [-0.39, 0.29) is 11.8 Å². The normalized spacial score (nSPS) is 16.4. The highest BCUT2D eigenvalue weighted by molar-refractivity contribution is 5.98. The molecule has 1 aliphatic rings. The Morgan fingerprint density at radius 2 is 2.20 bits per heavy atom. The third-order valence-electron chi connectivity index (χ3n) is 4.09. The highest BCUT2D eigenvalue weighted by atomic mass is 16.5. The Bertz CT molecular complexity index is 743. The monoisotopic (exact) mass is 339 g/mol. The largest absolute Gasteiger partial charge is 0.368 e. The summed E-state index contributed by atoms with van der Waals surface area (Å²) in [7, 11) is 1.74. The number of ether oxygens (including phenoxy) is 1. The fourth-order valence-electron chi connectivity index (χ4n) is 2.79. The predicted octanol–water partition coefficient (Wildman–Crippen LogP) is 2.47. The van der Waals surface area contributed by atoms with E-state index in [1.807, 2.05) is 12.1 Å². The average Bonchev–Trinajstić information content (AvgIpc) is 3.17. The van der Waals surface area contributed by atoms with Crippen molar-refractivity contribution in [3.8, 4) is 0 Å². The maximum Gasteiger partial charge on any atom is 0.253 e. The third-order valence-corrected chi connectivity index (χ3v) is 4.09. The summed E-state index contributed by atoms with van der Waals surface area (Å²) in [5.74, 6) is -0.275. The summed E-state index contributed by atoms with van der Waals surface area (Å²) in [6.07, 6.45) is 4.68. The van der Waals surface area contributed by atoms with Gasteiger partial charge in [-0.05, 0) is 42.7 Å². The minimum Gasteiger partial charge on any atom is -0.368 e. The molecule has 0 radical (unpaired) electrons. The molecule has 1 fully saturated rings. The maximum atomic E-state index is 12.6. The predicted molar refractivity (Wildman–Crippen MR) is 94.1 cm³/mol. The fourth-order valence-corrected chi connectivity index (χ4v) is 2.79. The lowest BCUT2D eigenvalue weighted by molar-refractivity contribution is -0.124. The van der Waals surface area contributed by atoms with Gasteiger partial charge < -0.3 is 15.0 Å². The van der Waals surface area contributed by atoms with E-state index in [1.54, 1.807) is 48.6 Å². The number of carbonyl (C=O) groups is 2. The van der Waals surface area contributed by atoms with Crippen molar-refractivity contribution in [2.24, 2.45) is 0 Å². The standard InChI is InChI=1S/C19H21N3O3/c1-22(13-14-5-3-9-20-12-14)19(24)15-6-2-7-16(11-15)21-18(23)17-8-4-10-25-17/h2-3,5-7,9,11-12,17H,4,8,10,13H2,1H3,(H,21,23). The minimum absolute atomic E-state index is 0.114. The second-order valence-electron chi connectivity index (χ2n) is 6.09. The van der Waals surface area contributed by atoms with Gasteiger partial charge in [0.15, 0.2) is 0 Å². The molecular formula is C19H21N3O3. The molecule has 1 aromatic carbocycles. The molecule has 1 saturated heterocycles. The highest BCUT2D eigenvalue weighted by Crippen LogP contribution is 2.17. The van der Waals surface area contributed by atoms with Crippen LogP contribution >= 0.6 is 0 Å². The third kappa shape index (κ3) is 4.42. The summed E-state index contributed by atoms with van der Waals surface area (Å²) in [6.45, 7) is 1.09. The lowest BCUT2D eigenvalue weighted by atomic mass is 10.1. The first-order chi connectivity index (χ1) is 12.1. The van der Waals surface area contributed by atoms with Gasteiger partial charge in [-0.15, -0.1) is 0 Å². The van der Waals surface area contributed by atoms with Crippen LogP contribution in [-0.4, -0.2) is 41.5 Å². The molecule has 1 N–H and O–H groups in total. The van der Waals surface area contributed by atoms with Crippen molar-refractivity contribution in [3.05, 3.63) is 59.9 Å². The number of rotatable bonds is 5. The highest BCUT2D eigenvalue weighted by Gasteiger charge is 2.23. The van der Waals surface area contributed by atoms with Crippen molar-refractivity contribution in [3.63, 3.8) is 0 Å². The molecule has 0 saturated carbocycles. The van der Waals surface area contributed by atoms with Crippen LogP contribution in [0.25, 0.3) is 0 Å². The van der Waals surface area contributed by atoms with Gasteiger partial charge in [0, 0.05) is 43.8 Å². The molecule has 0 spiro atoms. The Labute approximate surface area is 146 Å². The zero-order valence-corrected chi connectivity index (χ0v) is 14.1. The zero-order chi connectivity index (χ0) is 17.6. The van der Waals surface area contributed by atoms with Crippen LogP contribution in [0.15, 0.2) is 48.8 Å². The van der Waals surface area contributed by atoms with Crippen molar-refractivity contribution in [2.75, 3.05) is 19.0 Å². The number of amides is 2. The molecule has 0 bridgehead atoms. The van der Waals surface area contributed by atoms with Crippen LogP contribution in [0.4, 0.5) is 5.69 Å². The second-order valence-corrected chi connectivity index (χ2v) is 6.09. The Balaban J connectivity index is 1.65. The Kier molecular flexibility index (Phi) is 5.40. The number of aromatic nitrogens is 1. The second kappa shape index (κ2) is 7.90. The quantitative estimate of drug-likeness (QED) is 0.908. The first kappa shape index (κ1) is 17.1. The molecule has 130 valence electrons. The van der Waals surface area contributed by atoms with Crippen LogP contribution in [0.2, 0.25) is 0 Å². The molecule has 2 heterocycles. The van der Waals surface area contributed by atoms with Gasteiger partial charge in [-0.25, -0.2) is 0 Å². The molecule has 3 rings (SSSR count). The van der Waals surface area contributed by atoms with Gasteiger partial charge in [0.05, 0.1) is 0 Å². The van der Waals surface area contributed by atoms with Crippen molar-refractivity contribution < 1.29 is 14.3 Å². The lowest BCUT2D eigenvalue weighted by Gasteiger charge is -2.18. The van der Waals surface area contributed by atoms with E-state index in [0.29, 0.717) is 24.4 Å². The van der Waals surface area contributed by atoms with Gasteiger partial charge in [-0.3, -0.25) is 14.6 Å². The summed E-state index contributed by atoms with van der Waals surface area (Å²) in [6, 6.07) is 10.7. The van der Waals surface area contributed by atoms with E-state index in [2.05, 4.69) is 10.3 Å². The number of benzene rings is 1. The van der Waals surface area contributed by atoms with Crippen LogP contribution in [0.3, 0.4) is 0 Å². The minimum atomic E-state index is -0.396. The number of carbonyl (C=O) groups excluding carboxylic acids is 2. The number of hydrogen-bond acceptors (Lipinski definition) is 4. The molecule has 6 heteroatoms. The Hall–Kier alpha value is -2.73. The van der Waals surface area contributed by atoms with Crippen molar-refractivity contribution in [1.29, 1.82) is 0 Å². The van der Waals surface area contributed by atoms with Gasteiger partial charge in [-0.2, -0.15) is 0 Å². The SMILES string of the molecule is CN(Cc1cccnc1)C(=O)c1cccc(NC(=O)C2CCCO2)c1. The number of pyridine rings is 1. The maximum absolute atomic E-state index is 12.6. The van der Waals surface area contributed by atoms with Gasteiger partial charge in [0.1, 0.15) is 6.10 Å². The molecule has 0 aliphatic carbocycles. The molecule has 1 aromatic heterocycles. The number of nitrogens with one attached hydrogen (secondary N) is 1. The van der Waals surface area contributed by atoms with E-state index in [4.69, 9.17) is 4.74 Å². The van der Waals surface area contributed by atoms with Crippen molar-refractivity contribution in [2.45, 2.75) is 25.5 Å².